The lowest BCUT2D eigenvalue weighted by Gasteiger charge is -2.19. The minimum absolute atomic E-state index is 0.0801. The summed E-state index contributed by atoms with van der Waals surface area (Å²) < 4.78 is 17.4. The molecule has 0 atom stereocenters. The van der Waals surface area contributed by atoms with Crippen molar-refractivity contribution >= 4 is 35.0 Å². The van der Waals surface area contributed by atoms with Crippen molar-refractivity contribution in [2.24, 2.45) is 0 Å². The van der Waals surface area contributed by atoms with Crippen LogP contribution in [0, 0.1) is 0 Å². The monoisotopic (exact) mass is 326 g/mol. The van der Waals surface area contributed by atoms with Crippen LogP contribution in [0.25, 0.3) is 5.69 Å². The number of rotatable bonds is 6. The Hall–Kier alpha value is -1.53. The Bertz CT molecular complexity index is 681. The van der Waals surface area contributed by atoms with E-state index in [0.29, 0.717) is 17.9 Å². The van der Waals surface area contributed by atoms with E-state index in [4.69, 9.17) is 14.3 Å². The Morgan fingerprint density at radius 2 is 2.43 bits per heavy atom. The van der Waals surface area contributed by atoms with E-state index < -0.39 is 12.3 Å². The number of hydrogen-bond acceptors (Lipinski definition) is 4. The third kappa shape index (κ3) is 3.77. The van der Waals surface area contributed by atoms with E-state index in [9.17, 15) is 4.79 Å². The molecule has 0 aliphatic rings. The van der Waals surface area contributed by atoms with Gasteiger partial charge in [-0.2, -0.15) is 16.9 Å². The Kier molecular flexibility index (Phi) is 4.68. The number of hydrogen-bond donors (Lipinski definition) is 0. The number of halogens is 1. The maximum atomic E-state index is 12.5. The molecule has 2 aromatic heterocycles. The van der Waals surface area contributed by atoms with Gasteiger partial charge in [-0.15, -0.1) is 0 Å². The SMILES string of the molecule is [2H]C([2H])(CSC)C(=O)N(CC)c1cn(-c2cccnc2)nc1Cl. The molecular weight excluding hydrogens is 308 g/mol. The highest BCUT2D eigenvalue weighted by molar-refractivity contribution is 7.98. The summed E-state index contributed by atoms with van der Waals surface area (Å²) >= 11 is 7.45. The van der Waals surface area contributed by atoms with Crippen molar-refractivity contribution in [3.8, 4) is 5.69 Å². The zero-order chi connectivity index (χ0) is 17.0. The van der Waals surface area contributed by atoms with Gasteiger partial charge in [0.05, 0.1) is 18.1 Å². The quantitative estimate of drug-likeness (QED) is 0.818. The predicted molar refractivity (Wildman–Crippen MR) is 87.4 cm³/mol. The van der Waals surface area contributed by atoms with Gasteiger partial charge in [0.15, 0.2) is 5.15 Å². The summed E-state index contributed by atoms with van der Waals surface area (Å²) in [4.78, 5) is 17.8. The second-order valence-electron chi connectivity index (χ2n) is 4.12. The van der Waals surface area contributed by atoms with Crippen molar-refractivity contribution in [3.63, 3.8) is 0 Å². The molecule has 0 saturated carbocycles. The third-order valence-electron chi connectivity index (χ3n) is 2.78. The summed E-state index contributed by atoms with van der Waals surface area (Å²) in [5, 5.41) is 4.32. The molecule has 0 aliphatic carbocycles. The van der Waals surface area contributed by atoms with Crippen molar-refractivity contribution in [3.05, 3.63) is 35.9 Å². The van der Waals surface area contributed by atoms with Crippen LogP contribution in [0.3, 0.4) is 0 Å². The van der Waals surface area contributed by atoms with Gasteiger partial charge in [0, 0.05) is 27.6 Å². The molecule has 112 valence electrons. The topological polar surface area (TPSA) is 51.0 Å². The van der Waals surface area contributed by atoms with E-state index >= 15 is 0 Å². The zero-order valence-corrected chi connectivity index (χ0v) is 13.4. The summed E-state index contributed by atoms with van der Waals surface area (Å²) in [6.07, 6.45) is 4.67. The Balaban J connectivity index is 2.36. The van der Waals surface area contributed by atoms with Crippen LogP contribution in [0.4, 0.5) is 5.69 Å². The molecule has 0 N–H and O–H groups in total. The number of carbonyl (C=O) groups is 1. The van der Waals surface area contributed by atoms with Crippen molar-refractivity contribution in [2.75, 3.05) is 23.5 Å². The number of amides is 1. The number of carbonyl (C=O) groups excluding carboxylic acids is 1. The normalized spacial score (nSPS) is 12.7. The Labute approximate surface area is 136 Å². The van der Waals surface area contributed by atoms with Crippen molar-refractivity contribution in [1.82, 2.24) is 14.8 Å². The molecule has 2 heterocycles. The van der Waals surface area contributed by atoms with Gasteiger partial charge in [0.1, 0.15) is 5.69 Å². The molecule has 2 rings (SSSR count). The first-order valence-electron chi connectivity index (χ1n) is 7.37. The highest BCUT2D eigenvalue weighted by Crippen LogP contribution is 2.26. The molecule has 0 spiro atoms. The minimum Gasteiger partial charge on any atom is -0.308 e. The largest absolute Gasteiger partial charge is 0.308 e. The lowest BCUT2D eigenvalue weighted by atomic mass is 10.3. The zero-order valence-electron chi connectivity index (χ0n) is 13.8. The summed E-state index contributed by atoms with van der Waals surface area (Å²) in [6.45, 7) is 2.07. The molecule has 0 saturated heterocycles. The van der Waals surface area contributed by atoms with E-state index in [1.165, 1.54) is 21.3 Å². The number of thioether (sulfide) groups is 1. The van der Waals surface area contributed by atoms with Gasteiger partial charge in [-0.05, 0) is 25.3 Å². The fourth-order valence-corrected chi connectivity index (χ4v) is 2.30. The standard InChI is InChI=1S/C14H17ClN4OS/c1-3-18(13(20)6-8-21-2)12-10-19(17-14(12)15)11-5-4-7-16-9-11/h4-5,7,9-10H,3,6,8H2,1-2H3/i6D2. The summed E-state index contributed by atoms with van der Waals surface area (Å²) in [5.41, 5.74) is 1.09. The molecule has 0 fully saturated rings. The van der Waals surface area contributed by atoms with Crippen molar-refractivity contribution in [1.29, 1.82) is 0 Å². The lowest BCUT2D eigenvalue weighted by Crippen LogP contribution is -2.30. The average Bonchev–Trinajstić information content (AvgIpc) is 2.91. The van der Waals surface area contributed by atoms with Crippen LogP contribution >= 0.6 is 23.4 Å². The maximum Gasteiger partial charge on any atom is 0.227 e. The van der Waals surface area contributed by atoms with E-state index in [2.05, 4.69) is 10.1 Å². The summed E-state index contributed by atoms with van der Waals surface area (Å²) in [6, 6.07) is 3.58. The van der Waals surface area contributed by atoms with Gasteiger partial charge in [-0.25, -0.2) is 4.68 Å². The van der Waals surface area contributed by atoms with Crippen molar-refractivity contribution < 1.29 is 7.54 Å². The second-order valence-corrected chi connectivity index (χ2v) is 5.34. The van der Waals surface area contributed by atoms with Crippen LogP contribution in [0.15, 0.2) is 30.7 Å². The molecular formula is C14H17ClN4OS. The van der Waals surface area contributed by atoms with Crippen molar-refractivity contribution in [2.45, 2.75) is 13.3 Å². The maximum absolute atomic E-state index is 12.5. The molecule has 2 aromatic rings. The highest BCUT2D eigenvalue weighted by Gasteiger charge is 2.19. The van der Waals surface area contributed by atoms with Gasteiger partial charge < -0.3 is 4.90 Å². The molecule has 21 heavy (non-hydrogen) atoms. The fraction of sp³-hybridized carbons (Fsp3) is 0.357. The molecule has 0 radical (unpaired) electrons. The Morgan fingerprint density at radius 3 is 3.05 bits per heavy atom. The molecule has 0 aromatic carbocycles. The van der Waals surface area contributed by atoms with Gasteiger partial charge in [0.2, 0.25) is 5.91 Å². The van der Waals surface area contributed by atoms with E-state index in [0.717, 1.165) is 0 Å². The van der Waals surface area contributed by atoms with E-state index in [1.54, 1.807) is 37.8 Å². The van der Waals surface area contributed by atoms with E-state index in [-0.39, 0.29) is 10.9 Å². The van der Waals surface area contributed by atoms with Crippen LogP contribution in [0.1, 0.15) is 16.0 Å². The van der Waals surface area contributed by atoms with Crippen LogP contribution in [-0.4, -0.2) is 39.2 Å². The number of anilines is 1. The average molecular weight is 327 g/mol. The van der Waals surface area contributed by atoms with Crippen LogP contribution in [0.2, 0.25) is 5.15 Å². The summed E-state index contributed by atoms with van der Waals surface area (Å²) in [7, 11) is 0. The van der Waals surface area contributed by atoms with Gasteiger partial charge in [-0.3, -0.25) is 9.78 Å². The third-order valence-corrected chi connectivity index (χ3v) is 3.48. The van der Waals surface area contributed by atoms with Gasteiger partial charge in [0.25, 0.3) is 0 Å². The molecule has 0 bridgehead atoms. The fourth-order valence-electron chi connectivity index (χ4n) is 1.80. The van der Waals surface area contributed by atoms with Gasteiger partial charge in [-0.1, -0.05) is 11.6 Å². The summed E-state index contributed by atoms with van der Waals surface area (Å²) in [5.74, 6) is -0.543. The van der Waals surface area contributed by atoms with Crippen LogP contribution in [-0.2, 0) is 4.79 Å². The van der Waals surface area contributed by atoms with E-state index in [1.807, 2.05) is 6.07 Å². The molecule has 1 amide bonds. The molecule has 0 unspecified atom stereocenters. The Morgan fingerprint density at radius 1 is 1.62 bits per heavy atom. The molecule has 0 aliphatic heterocycles. The molecule has 7 heteroatoms. The number of nitrogens with zero attached hydrogens (tertiary/aromatic N) is 4. The van der Waals surface area contributed by atoms with Gasteiger partial charge >= 0.3 is 0 Å². The minimum atomic E-state index is -1.96. The van der Waals surface area contributed by atoms with Crippen LogP contribution in [0.5, 0.6) is 0 Å². The first-order chi connectivity index (χ1) is 10.9. The first kappa shape index (κ1) is 13.2. The predicted octanol–water partition coefficient (Wildman–Crippen LogP) is 3.03. The second kappa shape index (κ2) is 7.47. The van der Waals surface area contributed by atoms with Crippen LogP contribution < -0.4 is 4.90 Å². The molecule has 5 nitrogen and oxygen atoms in total. The number of aromatic nitrogens is 3. The highest BCUT2D eigenvalue weighted by atomic mass is 35.5. The first-order valence-corrected chi connectivity index (χ1v) is 8.14. The lowest BCUT2D eigenvalue weighted by molar-refractivity contribution is -0.118. The smallest absolute Gasteiger partial charge is 0.227 e. The number of pyridine rings is 1.